The summed E-state index contributed by atoms with van der Waals surface area (Å²) in [7, 11) is 0. The highest BCUT2D eigenvalue weighted by Crippen LogP contribution is 2.43. The van der Waals surface area contributed by atoms with E-state index in [0.29, 0.717) is 5.56 Å². The van der Waals surface area contributed by atoms with Gasteiger partial charge in [-0.15, -0.1) is 11.3 Å². The summed E-state index contributed by atoms with van der Waals surface area (Å²) in [5, 5.41) is 17.8. The van der Waals surface area contributed by atoms with Gasteiger partial charge in [-0.05, 0) is 29.2 Å². The van der Waals surface area contributed by atoms with Crippen LogP contribution < -0.4 is 10.6 Å². The number of rotatable bonds is 3. The molecule has 1 aromatic carbocycles. The van der Waals surface area contributed by atoms with Gasteiger partial charge in [0.1, 0.15) is 5.92 Å². The van der Waals surface area contributed by atoms with E-state index in [2.05, 4.69) is 10.6 Å². The molecule has 9 heteroatoms. The summed E-state index contributed by atoms with van der Waals surface area (Å²) in [6.07, 6.45) is -5.11. The molecule has 3 rings (SSSR count). The van der Waals surface area contributed by atoms with Gasteiger partial charge in [0.2, 0.25) is 5.78 Å². The van der Waals surface area contributed by atoms with Crippen molar-refractivity contribution in [3.8, 4) is 0 Å². The monoisotopic (exact) mass is 386 g/mol. The number of ketones is 1. The maximum absolute atomic E-state index is 13.3. The largest absolute Gasteiger partial charge is 0.450 e. The molecule has 1 saturated heterocycles. The smallest absolute Gasteiger partial charge is 0.366 e. The first kappa shape index (κ1) is 17.8. The van der Waals surface area contributed by atoms with Gasteiger partial charge in [0, 0.05) is 0 Å². The van der Waals surface area contributed by atoms with E-state index >= 15 is 0 Å². The van der Waals surface area contributed by atoms with Crippen molar-refractivity contribution in [2.75, 3.05) is 0 Å². The Morgan fingerprint density at radius 3 is 2.44 bits per heavy atom. The Morgan fingerprint density at radius 1 is 1.20 bits per heavy atom. The highest BCUT2D eigenvalue weighted by molar-refractivity contribution is 7.80. The molecule has 0 radical (unpaired) electrons. The molecule has 2 aromatic rings. The zero-order chi connectivity index (χ0) is 18.2. The quantitative estimate of drug-likeness (QED) is 0.708. The van der Waals surface area contributed by atoms with Crippen LogP contribution in [0.1, 0.15) is 16.5 Å². The van der Waals surface area contributed by atoms with E-state index < -0.39 is 29.6 Å². The van der Waals surface area contributed by atoms with E-state index in [1.54, 1.807) is 41.8 Å². The molecule has 0 aliphatic carbocycles. The zero-order valence-electron chi connectivity index (χ0n) is 12.6. The van der Waals surface area contributed by atoms with Crippen molar-refractivity contribution in [1.82, 2.24) is 10.6 Å². The van der Waals surface area contributed by atoms with E-state index in [0.717, 1.165) is 11.3 Å². The third-order valence-corrected chi connectivity index (χ3v) is 5.21. The summed E-state index contributed by atoms with van der Waals surface area (Å²) < 4.78 is 39.8. The molecular formula is C16H13F3N2O2S2. The van der Waals surface area contributed by atoms with Crippen LogP contribution in [0, 0.1) is 5.92 Å². The van der Waals surface area contributed by atoms with Gasteiger partial charge in [-0.1, -0.05) is 36.4 Å². The molecule has 1 aromatic heterocycles. The van der Waals surface area contributed by atoms with Crippen molar-refractivity contribution in [2.45, 2.75) is 17.9 Å². The third kappa shape index (κ3) is 3.26. The van der Waals surface area contributed by atoms with Gasteiger partial charge in [0.05, 0.1) is 10.9 Å². The summed E-state index contributed by atoms with van der Waals surface area (Å²) in [4.78, 5) is 12.4. The van der Waals surface area contributed by atoms with Crippen LogP contribution in [-0.2, 0) is 10.5 Å². The molecule has 0 spiro atoms. The number of thiocarbonyl (C=S) groups is 1. The average Bonchev–Trinajstić information content (AvgIpc) is 3.09. The molecular weight excluding hydrogens is 373 g/mol. The number of benzene rings is 1. The minimum Gasteiger partial charge on any atom is -0.366 e. The second-order valence-corrected chi connectivity index (χ2v) is 6.93. The van der Waals surface area contributed by atoms with Crippen LogP contribution in [0.2, 0.25) is 0 Å². The standard InChI is InChI=1S/C16H13F3N2O2S2/c17-16(18,19)13(22)11-12(9-5-2-1-3-6-9)20-14(24)21-15(11,23)10-7-4-8-25-10/h1-8,11-12,23H,(H2,20,21,24). The van der Waals surface area contributed by atoms with Gasteiger partial charge in [-0.3, -0.25) is 4.79 Å². The van der Waals surface area contributed by atoms with Crippen molar-refractivity contribution in [3.63, 3.8) is 0 Å². The number of halogens is 3. The fourth-order valence-corrected chi connectivity index (χ4v) is 4.02. The van der Waals surface area contributed by atoms with Gasteiger partial charge in [0.15, 0.2) is 10.8 Å². The Morgan fingerprint density at radius 2 is 1.88 bits per heavy atom. The summed E-state index contributed by atoms with van der Waals surface area (Å²) in [5.41, 5.74) is -1.84. The number of alkyl halides is 3. The van der Waals surface area contributed by atoms with Gasteiger partial charge in [-0.25, -0.2) is 0 Å². The Bertz CT molecular complexity index is 780. The SMILES string of the molecule is O=C(C1C(c2ccccc2)NC(=S)NC1(O)c1cccs1)C(F)(F)F. The predicted molar refractivity (Wildman–Crippen MR) is 90.8 cm³/mol. The summed E-state index contributed by atoms with van der Waals surface area (Å²) in [6.45, 7) is 0. The molecule has 1 fully saturated rings. The van der Waals surface area contributed by atoms with E-state index in [-0.39, 0.29) is 9.99 Å². The summed E-state index contributed by atoms with van der Waals surface area (Å²) >= 11 is 6.11. The molecule has 132 valence electrons. The minimum absolute atomic E-state index is 0.0315. The van der Waals surface area contributed by atoms with Crippen LogP contribution in [0.5, 0.6) is 0 Å². The zero-order valence-corrected chi connectivity index (χ0v) is 14.2. The maximum atomic E-state index is 13.3. The molecule has 2 heterocycles. The number of thiophene rings is 1. The number of aliphatic hydroxyl groups is 1. The number of carbonyl (C=O) groups is 1. The molecule has 3 atom stereocenters. The molecule has 0 bridgehead atoms. The van der Waals surface area contributed by atoms with Gasteiger partial charge >= 0.3 is 6.18 Å². The Hall–Kier alpha value is -1.97. The molecule has 4 nitrogen and oxygen atoms in total. The number of nitrogens with one attached hydrogen (secondary N) is 2. The Labute approximate surface area is 150 Å². The summed E-state index contributed by atoms with van der Waals surface area (Å²) in [5.74, 6) is -3.87. The lowest BCUT2D eigenvalue weighted by atomic mass is 9.78. The van der Waals surface area contributed by atoms with E-state index in [9.17, 15) is 23.1 Å². The van der Waals surface area contributed by atoms with Crippen LogP contribution in [0.15, 0.2) is 47.8 Å². The highest BCUT2D eigenvalue weighted by atomic mass is 32.1. The lowest BCUT2D eigenvalue weighted by Gasteiger charge is -2.45. The fraction of sp³-hybridized carbons (Fsp3) is 0.250. The van der Waals surface area contributed by atoms with Crippen LogP contribution in [0.3, 0.4) is 0 Å². The second-order valence-electron chi connectivity index (χ2n) is 5.57. The molecule has 3 N–H and O–H groups in total. The Kier molecular flexibility index (Phi) is 4.56. The first-order chi connectivity index (χ1) is 11.7. The van der Waals surface area contributed by atoms with Crippen molar-refractivity contribution < 1.29 is 23.1 Å². The van der Waals surface area contributed by atoms with Crippen LogP contribution >= 0.6 is 23.6 Å². The number of hydrogen-bond acceptors (Lipinski definition) is 4. The van der Waals surface area contributed by atoms with Crippen LogP contribution in [-0.4, -0.2) is 22.2 Å². The molecule has 0 saturated carbocycles. The highest BCUT2D eigenvalue weighted by Gasteiger charge is 2.59. The first-order valence-electron chi connectivity index (χ1n) is 7.24. The van der Waals surface area contributed by atoms with Gasteiger partial charge in [-0.2, -0.15) is 13.2 Å². The van der Waals surface area contributed by atoms with Crippen LogP contribution in [0.25, 0.3) is 0 Å². The molecule has 3 unspecified atom stereocenters. The van der Waals surface area contributed by atoms with Gasteiger partial charge in [0.25, 0.3) is 0 Å². The van der Waals surface area contributed by atoms with Crippen molar-refractivity contribution >= 4 is 34.5 Å². The third-order valence-electron chi connectivity index (χ3n) is 3.99. The predicted octanol–water partition coefficient (Wildman–Crippen LogP) is 2.86. The lowest BCUT2D eigenvalue weighted by Crippen LogP contribution is -2.66. The van der Waals surface area contributed by atoms with E-state index in [1.807, 2.05) is 0 Å². The topological polar surface area (TPSA) is 61.4 Å². The lowest BCUT2D eigenvalue weighted by molar-refractivity contribution is -0.189. The molecule has 25 heavy (non-hydrogen) atoms. The van der Waals surface area contributed by atoms with Crippen LogP contribution in [0.4, 0.5) is 13.2 Å². The number of Topliss-reactive ketones (excluding diaryl/α,β-unsaturated/α-hetero) is 1. The van der Waals surface area contributed by atoms with Crippen molar-refractivity contribution in [2.24, 2.45) is 5.92 Å². The van der Waals surface area contributed by atoms with Gasteiger partial charge < -0.3 is 15.7 Å². The first-order valence-corrected chi connectivity index (χ1v) is 8.53. The van der Waals surface area contributed by atoms with E-state index in [1.165, 1.54) is 6.07 Å². The Balaban J connectivity index is 2.16. The van der Waals surface area contributed by atoms with Crippen molar-refractivity contribution in [3.05, 3.63) is 58.3 Å². The van der Waals surface area contributed by atoms with Crippen molar-refractivity contribution in [1.29, 1.82) is 0 Å². The number of carbonyl (C=O) groups excluding carboxylic acids is 1. The molecule has 0 amide bonds. The minimum atomic E-state index is -5.11. The summed E-state index contributed by atoms with van der Waals surface area (Å²) in [6, 6.07) is 10.1. The average molecular weight is 386 g/mol. The molecule has 1 aliphatic heterocycles. The maximum Gasteiger partial charge on any atom is 0.450 e. The molecule has 1 aliphatic rings. The normalized spacial score (nSPS) is 26.6. The second kappa shape index (κ2) is 6.40. The fourth-order valence-electron chi connectivity index (χ4n) is 2.92. The van der Waals surface area contributed by atoms with E-state index in [4.69, 9.17) is 12.2 Å². The number of hydrogen-bond donors (Lipinski definition) is 3.